The first-order valence-electron chi connectivity index (χ1n) is 9.78. The van der Waals surface area contributed by atoms with E-state index in [0.717, 1.165) is 45.9 Å². The minimum absolute atomic E-state index is 0.100. The maximum atomic E-state index is 12.9. The van der Waals surface area contributed by atoms with E-state index in [1.807, 2.05) is 63.2 Å². The number of fused-ring (bicyclic) bond motifs is 1. The van der Waals surface area contributed by atoms with Crippen molar-refractivity contribution in [1.29, 1.82) is 0 Å². The van der Waals surface area contributed by atoms with Crippen molar-refractivity contribution in [2.75, 3.05) is 5.32 Å². The lowest BCUT2D eigenvalue weighted by atomic mass is 10.1. The second-order valence-electron chi connectivity index (χ2n) is 7.26. The quantitative estimate of drug-likeness (QED) is 0.523. The molecule has 0 aliphatic heterocycles. The van der Waals surface area contributed by atoms with Crippen molar-refractivity contribution in [3.63, 3.8) is 0 Å². The van der Waals surface area contributed by atoms with Crippen LogP contribution in [0.5, 0.6) is 0 Å². The largest absolute Gasteiger partial charge is 0.324 e. The summed E-state index contributed by atoms with van der Waals surface area (Å²) in [6.07, 6.45) is 2.24. The van der Waals surface area contributed by atoms with E-state index in [2.05, 4.69) is 14.7 Å². The molecule has 0 unspecified atom stereocenters. The van der Waals surface area contributed by atoms with Crippen molar-refractivity contribution in [1.82, 2.24) is 13.9 Å². The highest BCUT2D eigenvalue weighted by Crippen LogP contribution is 2.27. The van der Waals surface area contributed by atoms with E-state index in [-0.39, 0.29) is 18.0 Å². The Labute approximate surface area is 178 Å². The molecular weight excluding hydrogens is 396 g/mol. The summed E-state index contributed by atoms with van der Waals surface area (Å²) < 4.78 is 6.23. The second kappa shape index (κ2) is 8.20. The monoisotopic (exact) mass is 418 g/mol. The van der Waals surface area contributed by atoms with Crippen molar-refractivity contribution >= 4 is 33.3 Å². The molecule has 7 heteroatoms. The highest BCUT2D eigenvalue weighted by atomic mass is 32.1. The van der Waals surface area contributed by atoms with Crippen LogP contribution >= 0.6 is 11.5 Å². The predicted molar refractivity (Wildman–Crippen MR) is 121 cm³/mol. The molecule has 0 saturated heterocycles. The summed E-state index contributed by atoms with van der Waals surface area (Å²) >= 11 is 1.12. The molecule has 0 spiro atoms. The van der Waals surface area contributed by atoms with Gasteiger partial charge in [-0.2, -0.15) is 4.37 Å². The molecular formula is C23H22N4O2S. The standard InChI is InChI=1S/C23H22N4O2S/c1-4-16-7-5-6-15(3)19(16)25-18(28)12-27-13-24-21-20(26-30-22(21)23(27)29)17-10-8-14(2)9-11-17/h5-11,13H,4,12H2,1-3H3,(H,25,28). The number of aromatic nitrogens is 3. The molecule has 0 saturated carbocycles. The Hall–Kier alpha value is -3.32. The number of para-hydroxylation sites is 1. The lowest BCUT2D eigenvalue weighted by Gasteiger charge is -2.13. The molecule has 4 aromatic rings. The van der Waals surface area contributed by atoms with Crippen molar-refractivity contribution in [3.8, 4) is 11.3 Å². The number of nitrogens with zero attached hydrogens (tertiary/aromatic N) is 3. The summed E-state index contributed by atoms with van der Waals surface area (Å²) in [6, 6.07) is 13.9. The molecule has 2 aromatic heterocycles. The SMILES string of the molecule is CCc1cccc(C)c1NC(=O)Cn1cnc2c(-c3ccc(C)cc3)nsc2c1=O. The maximum absolute atomic E-state index is 12.9. The molecule has 152 valence electrons. The third kappa shape index (κ3) is 3.76. The zero-order chi connectivity index (χ0) is 21.3. The first kappa shape index (κ1) is 20.0. The lowest BCUT2D eigenvalue weighted by molar-refractivity contribution is -0.116. The molecule has 30 heavy (non-hydrogen) atoms. The number of benzene rings is 2. The molecule has 1 N–H and O–H groups in total. The fourth-order valence-corrected chi connectivity index (χ4v) is 4.21. The van der Waals surface area contributed by atoms with Gasteiger partial charge in [-0.25, -0.2) is 4.98 Å². The number of hydrogen-bond acceptors (Lipinski definition) is 5. The van der Waals surface area contributed by atoms with Crippen LogP contribution in [0.3, 0.4) is 0 Å². The van der Waals surface area contributed by atoms with Crippen LogP contribution in [0.2, 0.25) is 0 Å². The summed E-state index contributed by atoms with van der Waals surface area (Å²) in [7, 11) is 0. The van der Waals surface area contributed by atoms with E-state index < -0.39 is 0 Å². The Morgan fingerprint density at radius 1 is 1.13 bits per heavy atom. The minimum Gasteiger partial charge on any atom is -0.324 e. The molecule has 2 aromatic carbocycles. The molecule has 0 radical (unpaired) electrons. The molecule has 0 aliphatic rings. The van der Waals surface area contributed by atoms with Crippen molar-refractivity contribution in [2.45, 2.75) is 33.7 Å². The number of nitrogens with one attached hydrogen (secondary N) is 1. The van der Waals surface area contributed by atoms with Crippen LogP contribution in [0.15, 0.2) is 53.6 Å². The Bertz CT molecular complexity index is 1290. The van der Waals surface area contributed by atoms with Gasteiger partial charge in [0, 0.05) is 11.3 Å². The van der Waals surface area contributed by atoms with Crippen LogP contribution in [0.1, 0.15) is 23.6 Å². The number of rotatable bonds is 5. The average Bonchev–Trinajstić information content (AvgIpc) is 3.17. The number of anilines is 1. The number of carbonyl (C=O) groups excluding carboxylic acids is 1. The summed E-state index contributed by atoms with van der Waals surface area (Å²) in [5.41, 5.74) is 5.94. The van der Waals surface area contributed by atoms with E-state index in [1.165, 1.54) is 10.9 Å². The van der Waals surface area contributed by atoms with Gasteiger partial charge in [-0.3, -0.25) is 14.2 Å². The van der Waals surface area contributed by atoms with Gasteiger partial charge in [0.1, 0.15) is 22.5 Å². The Kier molecular flexibility index (Phi) is 5.46. The topological polar surface area (TPSA) is 76.9 Å². The fourth-order valence-electron chi connectivity index (χ4n) is 3.40. The highest BCUT2D eigenvalue weighted by Gasteiger charge is 2.16. The molecule has 1 amide bonds. The van der Waals surface area contributed by atoms with Gasteiger partial charge in [-0.1, -0.05) is 55.0 Å². The molecule has 0 fully saturated rings. The predicted octanol–water partition coefficient (Wildman–Crippen LogP) is 4.34. The summed E-state index contributed by atoms with van der Waals surface area (Å²) in [5, 5.41) is 2.95. The van der Waals surface area contributed by atoms with E-state index >= 15 is 0 Å². The van der Waals surface area contributed by atoms with Crippen molar-refractivity contribution in [3.05, 3.63) is 75.8 Å². The van der Waals surface area contributed by atoms with Gasteiger partial charge in [0.2, 0.25) is 5.91 Å². The molecule has 4 rings (SSSR count). The molecule has 0 bridgehead atoms. The summed E-state index contributed by atoms with van der Waals surface area (Å²) in [5.74, 6) is -0.259. The number of hydrogen-bond donors (Lipinski definition) is 1. The highest BCUT2D eigenvalue weighted by molar-refractivity contribution is 7.13. The van der Waals surface area contributed by atoms with Gasteiger partial charge in [0.15, 0.2) is 0 Å². The lowest BCUT2D eigenvalue weighted by Crippen LogP contribution is -2.28. The van der Waals surface area contributed by atoms with E-state index in [9.17, 15) is 9.59 Å². The second-order valence-corrected chi connectivity index (χ2v) is 8.04. The van der Waals surface area contributed by atoms with Gasteiger partial charge in [0.25, 0.3) is 5.56 Å². The first-order valence-corrected chi connectivity index (χ1v) is 10.6. The normalized spacial score (nSPS) is 11.0. The Morgan fingerprint density at radius 2 is 1.90 bits per heavy atom. The van der Waals surface area contributed by atoms with E-state index in [0.29, 0.717) is 15.9 Å². The van der Waals surface area contributed by atoms with Crippen LogP contribution in [0.25, 0.3) is 21.5 Å². The fraction of sp³-hybridized carbons (Fsp3) is 0.217. The van der Waals surface area contributed by atoms with Crippen LogP contribution in [-0.4, -0.2) is 19.8 Å². The Morgan fingerprint density at radius 3 is 2.63 bits per heavy atom. The van der Waals surface area contributed by atoms with Crippen LogP contribution in [-0.2, 0) is 17.8 Å². The van der Waals surface area contributed by atoms with Crippen molar-refractivity contribution < 1.29 is 4.79 Å². The maximum Gasteiger partial charge on any atom is 0.273 e. The molecule has 0 atom stereocenters. The zero-order valence-corrected chi connectivity index (χ0v) is 17.9. The number of carbonyl (C=O) groups is 1. The minimum atomic E-state index is -0.259. The van der Waals surface area contributed by atoms with Crippen LogP contribution in [0.4, 0.5) is 5.69 Å². The summed E-state index contributed by atoms with van der Waals surface area (Å²) in [4.78, 5) is 30.0. The van der Waals surface area contributed by atoms with Gasteiger partial charge < -0.3 is 5.32 Å². The van der Waals surface area contributed by atoms with E-state index in [1.54, 1.807) is 0 Å². The van der Waals surface area contributed by atoms with Crippen LogP contribution in [0, 0.1) is 13.8 Å². The zero-order valence-electron chi connectivity index (χ0n) is 17.1. The van der Waals surface area contributed by atoms with Crippen molar-refractivity contribution in [2.24, 2.45) is 0 Å². The van der Waals surface area contributed by atoms with Gasteiger partial charge in [0.05, 0.1) is 6.33 Å². The van der Waals surface area contributed by atoms with Gasteiger partial charge >= 0.3 is 0 Å². The average molecular weight is 419 g/mol. The third-order valence-corrected chi connectivity index (χ3v) is 5.92. The molecule has 6 nitrogen and oxygen atoms in total. The Balaban J connectivity index is 1.62. The van der Waals surface area contributed by atoms with Gasteiger partial charge in [-0.05, 0) is 42.9 Å². The van der Waals surface area contributed by atoms with Gasteiger partial charge in [-0.15, -0.1) is 0 Å². The number of aryl methyl sites for hydroxylation is 3. The smallest absolute Gasteiger partial charge is 0.273 e. The molecule has 0 aliphatic carbocycles. The van der Waals surface area contributed by atoms with E-state index in [4.69, 9.17) is 0 Å². The number of amides is 1. The third-order valence-electron chi connectivity index (χ3n) is 5.09. The van der Waals surface area contributed by atoms with Crippen LogP contribution < -0.4 is 10.9 Å². The summed E-state index contributed by atoms with van der Waals surface area (Å²) in [6.45, 7) is 5.92. The first-order chi connectivity index (χ1) is 14.5. The molecule has 2 heterocycles.